The predicted octanol–water partition coefficient (Wildman–Crippen LogP) is 4.13. The van der Waals surface area contributed by atoms with E-state index in [9.17, 15) is 13.6 Å². The quantitative estimate of drug-likeness (QED) is 0.795. The molecule has 1 aromatic carbocycles. The first kappa shape index (κ1) is 19.8. The third-order valence-corrected chi connectivity index (χ3v) is 5.26. The van der Waals surface area contributed by atoms with Crippen LogP contribution in [-0.2, 0) is 0 Å². The monoisotopic (exact) mass is 352 g/mol. The highest BCUT2D eigenvalue weighted by Crippen LogP contribution is 2.27. The number of halogens is 2. The SMILES string of the molecule is Cc1ccc(C(=O)N(C)C(CN2CCCC(F)(F)C2)C(C)C)cc1C. The van der Waals surface area contributed by atoms with Gasteiger partial charge in [-0.15, -0.1) is 0 Å². The molecule has 25 heavy (non-hydrogen) atoms. The fraction of sp³-hybridized carbons (Fsp3) is 0.650. The zero-order valence-corrected chi connectivity index (χ0v) is 16.0. The summed E-state index contributed by atoms with van der Waals surface area (Å²) in [5.74, 6) is -2.47. The van der Waals surface area contributed by atoms with Crippen LogP contribution in [0.1, 0.15) is 48.2 Å². The summed E-state index contributed by atoms with van der Waals surface area (Å²) in [6, 6.07) is 5.60. The molecule has 1 unspecified atom stereocenters. The van der Waals surface area contributed by atoms with Gasteiger partial charge in [-0.1, -0.05) is 19.9 Å². The topological polar surface area (TPSA) is 23.6 Å². The van der Waals surface area contributed by atoms with E-state index >= 15 is 0 Å². The number of nitrogens with zero attached hydrogens (tertiary/aromatic N) is 2. The molecule has 1 amide bonds. The summed E-state index contributed by atoms with van der Waals surface area (Å²) >= 11 is 0. The Balaban J connectivity index is 2.12. The van der Waals surface area contributed by atoms with Gasteiger partial charge in [-0.3, -0.25) is 9.69 Å². The molecule has 0 spiro atoms. The summed E-state index contributed by atoms with van der Waals surface area (Å²) < 4.78 is 27.4. The second kappa shape index (κ2) is 7.81. The van der Waals surface area contributed by atoms with E-state index in [0.29, 0.717) is 25.1 Å². The van der Waals surface area contributed by atoms with Gasteiger partial charge in [0.2, 0.25) is 0 Å². The molecule has 1 heterocycles. The molecule has 1 atom stereocenters. The maximum Gasteiger partial charge on any atom is 0.260 e. The van der Waals surface area contributed by atoms with E-state index in [4.69, 9.17) is 0 Å². The zero-order chi connectivity index (χ0) is 18.8. The van der Waals surface area contributed by atoms with Crippen molar-refractivity contribution in [3.63, 3.8) is 0 Å². The number of amides is 1. The number of aryl methyl sites for hydroxylation is 2. The molecule has 0 saturated carbocycles. The van der Waals surface area contributed by atoms with Gasteiger partial charge in [-0.2, -0.15) is 0 Å². The lowest BCUT2D eigenvalue weighted by atomic mass is 9.98. The highest BCUT2D eigenvalue weighted by Gasteiger charge is 2.37. The number of carbonyl (C=O) groups excluding carboxylic acids is 1. The standard InChI is InChI=1S/C20H30F2N2O/c1-14(2)18(12-24-10-6-9-20(21,22)13-24)23(5)19(25)17-8-7-15(3)16(4)11-17/h7-8,11,14,18H,6,9-10,12-13H2,1-5H3. The minimum absolute atomic E-state index is 0.0345. The van der Waals surface area contributed by atoms with E-state index in [2.05, 4.69) is 0 Å². The Kier molecular flexibility index (Phi) is 6.20. The van der Waals surface area contributed by atoms with Crippen molar-refractivity contribution in [1.29, 1.82) is 0 Å². The van der Waals surface area contributed by atoms with E-state index in [1.165, 1.54) is 0 Å². The van der Waals surface area contributed by atoms with Crippen LogP contribution in [0.4, 0.5) is 8.78 Å². The Labute approximate surface area is 150 Å². The van der Waals surface area contributed by atoms with Gasteiger partial charge in [0.05, 0.1) is 6.54 Å². The minimum atomic E-state index is -2.61. The van der Waals surface area contributed by atoms with Crippen molar-refractivity contribution < 1.29 is 13.6 Å². The summed E-state index contributed by atoms with van der Waals surface area (Å²) in [6.07, 6.45) is 0.472. The molecule has 0 bridgehead atoms. The molecule has 0 aliphatic carbocycles. The third-order valence-electron chi connectivity index (χ3n) is 5.26. The van der Waals surface area contributed by atoms with E-state index < -0.39 is 5.92 Å². The smallest absolute Gasteiger partial charge is 0.260 e. The lowest BCUT2D eigenvalue weighted by molar-refractivity contribution is -0.0690. The first-order chi connectivity index (χ1) is 11.6. The number of likely N-dealkylation sites (tertiary alicyclic amines) is 1. The number of rotatable bonds is 5. The Hall–Kier alpha value is -1.49. The highest BCUT2D eigenvalue weighted by molar-refractivity contribution is 5.94. The van der Waals surface area contributed by atoms with Crippen molar-refractivity contribution in [2.75, 3.05) is 26.7 Å². The van der Waals surface area contributed by atoms with E-state index in [1.807, 2.05) is 45.9 Å². The van der Waals surface area contributed by atoms with E-state index in [0.717, 1.165) is 11.1 Å². The molecule has 1 fully saturated rings. The number of likely N-dealkylation sites (N-methyl/N-ethyl adjacent to an activating group) is 1. The fourth-order valence-corrected chi connectivity index (χ4v) is 3.48. The van der Waals surface area contributed by atoms with Crippen LogP contribution in [0.15, 0.2) is 18.2 Å². The van der Waals surface area contributed by atoms with Crippen molar-refractivity contribution in [1.82, 2.24) is 9.80 Å². The Bertz CT molecular complexity index is 616. The van der Waals surface area contributed by atoms with Gasteiger partial charge in [0.15, 0.2) is 0 Å². The number of alkyl halides is 2. The summed E-state index contributed by atoms with van der Waals surface area (Å²) in [5.41, 5.74) is 2.88. The minimum Gasteiger partial charge on any atom is -0.337 e. The molecule has 140 valence electrons. The number of benzene rings is 1. The first-order valence-corrected chi connectivity index (χ1v) is 9.05. The fourth-order valence-electron chi connectivity index (χ4n) is 3.48. The van der Waals surface area contributed by atoms with Gasteiger partial charge < -0.3 is 4.90 Å². The average Bonchev–Trinajstić information content (AvgIpc) is 2.52. The van der Waals surface area contributed by atoms with Crippen molar-refractivity contribution in [2.24, 2.45) is 5.92 Å². The van der Waals surface area contributed by atoms with Crippen molar-refractivity contribution in [3.8, 4) is 0 Å². The second-order valence-corrected chi connectivity index (χ2v) is 7.72. The van der Waals surface area contributed by atoms with Gasteiger partial charge in [-0.25, -0.2) is 8.78 Å². The van der Waals surface area contributed by atoms with Crippen LogP contribution in [0.3, 0.4) is 0 Å². The van der Waals surface area contributed by atoms with Crippen LogP contribution in [-0.4, -0.2) is 54.4 Å². The summed E-state index contributed by atoms with van der Waals surface area (Å²) in [7, 11) is 1.78. The van der Waals surface area contributed by atoms with Gasteiger partial charge in [-0.05, 0) is 56.0 Å². The second-order valence-electron chi connectivity index (χ2n) is 7.72. The number of carbonyl (C=O) groups is 1. The van der Waals surface area contributed by atoms with Crippen molar-refractivity contribution in [3.05, 3.63) is 34.9 Å². The Morgan fingerprint density at radius 3 is 2.52 bits per heavy atom. The van der Waals surface area contributed by atoms with Crippen molar-refractivity contribution >= 4 is 5.91 Å². The molecular formula is C20H30F2N2O. The van der Waals surface area contributed by atoms with Crippen LogP contribution >= 0.6 is 0 Å². The van der Waals surface area contributed by atoms with Gasteiger partial charge in [0.1, 0.15) is 0 Å². The summed E-state index contributed by atoms with van der Waals surface area (Å²) in [4.78, 5) is 16.4. The first-order valence-electron chi connectivity index (χ1n) is 9.05. The highest BCUT2D eigenvalue weighted by atomic mass is 19.3. The normalized spacial score (nSPS) is 19.0. The van der Waals surface area contributed by atoms with E-state index in [-0.39, 0.29) is 30.8 Å². The van der Waals surface area contributed by atoms with Crippen LogP contribution in [0.25, 0.3) is 0 Å². The molecule has 5 heteroatoms. The molecule has 1 aromatic rings. The molecule has 1 aliphatic rings. The molecule has 1 saturated heterocycles. The lowest BCUT2D eigenvalue weighted by Gasteiger charge is -2.39. The van der Waals surface area contributed by atoms with Crippen LogP contribution in [0, 0.1) is 19.8 Å². The van der Waals surface area contributed by atoms with Gasteiger partial charge >= 0.3 is 0 Å². The molecule has 0 aromatic heterocycles. The molecule has 0 N–H and O–H groups in total. The van der Waals surface area contributed by atoms with Crippen LogP contribution in [0.2, 0.25) is 0 Å². The van der Waals surface area contributed by atoms with Crippen LogP contribution in [0.5, 0.6) is 0 Å². The largest absolute Gasteiger partial charge is 0.337 e. The molecule has 2 rings (SSSR count). The van der Waals surface area contributed by atoms with Crippen LogP contribution < -0.4 is 0 Å². The van der Waals surface area contributed by atoms with E-state index in [1.54, 1.807) is 16.8 Å². The average molecular weight is 352 g/mol. The number of hydrogen-bond acceptors (Lipinski definition) is 2. The molecule has 3 nitrogen and oxygen atoms in total. The number of piperidine rings is 1. The Morgan fingerprint density at radius 1 is 1.28 bits per heavy atom. The maximum atomic E-state index is 13.7. The summed E-state index contributed by atoms with van der Waals surface area (Å²) in [6.45, 7) is 9.03. The molecular weight excluding hydrogens is 322 g/mol. The van der Waals surface area contributed by atoms with Crippen molar-refractivity contribution in [2.45, 2.75) is 52.5 Å². The summed E-state index contributed by atoms with van der Waals surface area (Å²) in [5, 5.41) is 0. The zero-order valence-electron chi connectivity index (χ0n) is 16.0. The molecule has 0 radical (unpaired) electrons. The third kappa shape index (κ3) is 5.00. The predicted molar refractivity (Wildman–Crippen MR) is 97.3 cm³/mol. The number of hydrogen-bond donors (Lipinski definition) is 0. The maximum absolute atomic E-state index is 13.7. The Morgan fingerprint density at radius 2 is 1.96 bits per heavy atom. The van der Waals surface area contributed by atoms with Gasteiger partial charge in [0.25, 0.3) is 11.8 Å². The van der Waals surface area contributed by atoms with Gasteiger partial charge in [0, 0.05) is 31.6 Å². The lowest BCUT2D eigenvalue weighted by Crippen LogP contribution is -2.52. The molecule has 1 aliphatic heterocycles.